The topological polar surface area (TPSA) is 12.0 Å². The molecule has 1 nitrogen and oxygen atoms in total. The zero-order chi connectivity index (χ0) is 12.1. The fourth-order valence-electron chi connectivity index (χ4n) is 2.50. The molecule has 0 spiro atoms. The Kier molecular flexibility index (Phi) is 4.99. The lowest BCUT2D eigenvalue weighted by atomic mass is 9.87. The standard InChI is InChI=1S/C14H19Cl2N/c15-13-7-6-12(10-14(13)16)17-9-8-11-4-2-1-3-5-11/h6-7,10-11,17H,1-5,8-9H2. The zero-order valence-electron chi connectivity index (χ0n) is 10.0. The van der Waals surface area contributed by atoms with E-state index in [4.69, 9.17) is 23.2 Å². The summed E-state index contributed by atoms with van der Waals surface area (Å²) < 4.78 is 0. The van der Waals surface area contributed by atoms with Gasteiger partial charge < -0.3 is 5.32 Å². The van der Waals surface area contributed by atoms with Gasteiger partial charge in [-0.15, -0.1) is 0 Å². The van der Waals surface area contributed by atoms with Crippen molar-refractivity contribution in [3.63, 3.8) is 0 Å². The van der Waals surface area contributed by atoms with Gasteiger partial charge in [-0.3, -0.25) is 0 Å². The lowest BCUT2D eigenvalue weighted by Crippen LogP contribution is -2.12. The SMILES string of the molecule is Clc1ccc(NCCC2CCCCC2)cc1Cl. The monoisotopic (exact) mass is 271 g/mol. The predicted molar refractivity (Wildman–Crippen MR) is 76.1 cm³/mol. The third-order valence-corrected chi connectivity index (χ3v) is 4.27. The maximum Gasteiger partial charge on any atom is 0.0612 e. The fourth-order valence-corrected chi connectivity index (χ4v) is 2.80. The van der Waals surface area contributed by atoms with Gasteiger partial charge in [0.15, 0.2) is 0 Å². The molecule has 1 aliphatic rings. The number of hydrogen-bond donors (Lipinski definition) is 1. The maximum absolute atomic E-state index is 5.97. The summed E-state index contributed by atoms with van der Waals surface area (Å²) in [6, 6.07) is 5.71. The van der Waals surface area contributed by atoms with Crippen molar-refractivity contribution in [1.29, 1.82) is 0 Å². The molecular formula is C14H19Cl2N. The lowest BCUT2D eigenvalue weighted by Gasteiger charge is -2.21. The van der Waals surface area contributed by atoms with E-state index in [1.165, 1.54) is 38.5 Å². The van der Waals surface area contributed by atoms with Gasteiger partial charge in [-0.2, -0.15) is 0 Å². The zero-order valence-corrected chi connectivity index (χ0v) is 11.5. The molecule has 1 aromatic carbocycles. The smallest absolute Gasteiger partial charge is 0.0612 e. The third kappa shape index (κ3) is 4.08. The minimum Gasteiger partial charge on any atom is -0.385 e. The Bertz CT molecular complexity index is 359. The maximum atomic E-state index is 5.97. The molecule has 0 saturated heterocycles. The molecule has 0 radical (unpaired) electrons. The Morgan fingerprint density at radius 1 is 1.06 bits per heavy atom. The quantitative estimate of drug-likeness (QED) is 0.776. The van der Waals surface area contributed by atoms with Gasteiger partial charge in [0.1, 0.15) is 0 Å². The molecule has 0 amide bonds. The van der Waals surface area contributed by atoms with E-state index < -0.39 is 0 Å². The molecule has 1 saturated carbocycles. The van der Waals surface area contributed by atoms with Gasteiger partial charge in [0.25, 0.3) is 0 Å². The number of hydrogen-bond acceptors (Lipinski definition) is 1. The van der Waals surface area contributed by atoms with Crippen LogP contribution < -0.4 is 5.32 Å². The van der Waals surface area contributed by atoms with Crippen LogP contribution in [0.1, 0.15) is 38.5 Å². The molecule has 94 valence electrons. The Morgan fingerprint density at radius 2 is 1.82 bits per heavy atom. The third-order valence-electron chi connectivity index (χ3n) is 3.53. The highest BCUT2D eigenvalue weighted by molar-refractivity contribution is 6.42. The normalized spacial score (nSPS) is 17.1. The van der Waals surface area contributed by atoms with Gasteiger partial charge in [-0.25, -0.2) is 0 Å². The van der Waals surface area contributed by atoms with Crippen LogP contribution in [0.5, 0.6) is 0 Å². The first kappa shape index (κ1) is 13.0. The second-order valence-electron chi connectivity index (χ2n) is 4.85. The van der Waals surface area contributed by atoms with E-state index in [1.807, 2.05) is 18.2 Å². The highest BCUT2D eigenvalue weighted by Crippen LogP contribution is 2.27. The molecule has 0 atom stereocenters. The van der Waals surface area contributed by atoms with Crippen molar-refractivity contribution < 1.29 is 0 Å². The molecule has 1 fully saturated rings. The molecular weight excluding hydrogens is 253 g/mol. The molecule has 1 N–H and O–H groups in total. The van der Waals surface area contributed by atoms with E-state index in [9.17, 15) is 0 Å². The Labute approximate surface area is 114 Å². The van der Waals surface area contributed by atoms with Crippen LogP contribution in [0.15, 0.2) is 18.2 Å². The minimum absolute atomic E-state index is 0.615. The summed E-state index contributed by atoms with van der Waals surface area (Å²) in [7, 11) is 0. The van der Waals surface area contributed by atoms with Gasteiger partial charge in [-0.1, -0.05) is 55.3 Å². The van der Waals surface area contributed by atoms with Gasteiger partial charge in [0.05, 0.1) is 10.0 Å². The van der Waals surface area contributed by atoms with Crippen LogP contribution in [0.4, 0.5) is 5.69 Å². The highest BCUT2D eigenvalue weighted by atomic mass is 35.5. The lowest BCUT2D eigenvalue weighted by molar-refractivity contribution is 0.345. The van der Waals surface area contributed by atoms with E-state index in [0.717, 1.165) is 18.2 Å². The molecule has 3 heteroatoms. The molecule has 0 unspecified atom stereocenters. The molecule has 2 rings (SSSR count). The Morgan fingerprint density at radius 3 is 2.53 bits per heavy atom. The first-order valence-electron chi connectivity index (χ1n) is 6.44. The summed E-state index contributed by atoms with van der Waals surface area (Å²) >= 11 is 11.8. The van der Waals surface area contributed by atoms with Crippen LogP contribution in [-0.2, 0) is 0 Å². The largest absolute Gasteiger partial charge is 0.385 e. The van der Waals surface area contributed by atoms with Crippen LogP contribution in [0.3, 0.4) is 0 Å². The fraction of sp³-hybridized carbons (Fsp3) is 0.571. The first-order chi connectivity index (χ1) is 8.25. The summed E-state index contributed by atoms with van der Waals surface area (Å²) in [5.41, 5.74) is 1.07. The second-order valence-corrected chi connectivity index (χ2v) is 5.66. The van der Waals surface area contributed by atoms with Crippen molar-refractivity contribution in [3.8, 4) is 0 Å². The van der Waals surface area contributed by atoms with Crippen molar-refractivity contribution in [3.05, 3.63) is 28.2 Å². The minimum atomic E-state index is 0.615. The van der Waals surface area contributed by atoms with E-state index >= 15 is 0 Å². The number of rotatable bonds is 4. The Hall–Kier alpha value is -0.400. The molecule has 0 bridgehead atoms. The van der Waals surface area contributed by atoms with Crippen LogP contribution in [0, 0.1) is 5.92 Å². The van der Waals surface area contributed by atoms with Crippen LogP contribution >= 0.6 is 23.2 Å². The van der Waals surface area contributed by atoms with E-state index in [2.05, 4.69) is 5.32 Å². The van der Waals surface area contributed by atoms with Gasteiger partial charge in [0, 0.05) is 12.2 Å². The van der Waals surface area contributed by atoms with E-state index in [0.29, 0.717) is 10.0 Å². The Balaban J connectivity index is 1.75. The molecule has 0 aromatic heterocycles. The number of halogens is 2. The average molecular weight is 272 g/mol. The van der Waals surface area contributed by atoms with Crippen LogP contribution in [0.25, 0.3) is 0 Å². The van der Waals surface area contributed by atoms with Crippen molar-refractivity contribution in [2.45, 2.75) is 38.5 Å². The predicted octanol–water partition coefficient (Wildman–Crippen LogP) is 5.38. The van der Waals surface area contributed by atoms with Crippen molar-refractivity contribution in [1.82, 2.24) is 0 Å². The summed E-state index contributed by atoms with van der Waals surface area (Å²) in [5.74, 6) is 0.916. The molecule has 0 heterocycles. The van der Waals surface area contributed by atoms with E-state index in [-0.39, 0.29) is 0 Å². The van der Waals surface area contributed by atoms with Crippen LogP contribution in [-0.4, -0.2) is 6.54 Å². The summed E-state index contributed by atoms with van der Waals surface area (Å²) in [4.78, 5) is 0. The van der Waals surface area contributed by atoms with Crippen molar-refractivity contribution in [2.75, 3.05) is 11.9 Å². The van der Waals surface area contributed by atoms with E-state index in [1.54, 1.807) is 0 Å². The number of benzene rings is 1. The summed E-state index contributed by atoms with van der Waals surface area (Å²) in [6.07, 6.45) is 8.33. The highest BCUT2D eigenvalue weighted by Gasteiger charge is 2.12. The number of nitrogens with one attached hydrogen (secondary N) is 1. The van der Waals surface area contributed by atoms with Gasteiger partial charge in [-0.05, 0) is 30.5 Å². The van der Waals surface area contributed by atoms with Crippen LogP contribution in [0.2, 0.25) is 10.0 Å². The molecule has 17 heavy (non-hydrogen) atoms. The molecule has 1 aromatic rings. The number of anilines is 1. The second kappa shape index (κ2) is 6.51. The molecule has 0 aliphatic heterocycles. The summed E-state index contributed by atoms with van der Waals surface area (Å²) in [5, 5.41) is 4.65. The first-order valence-corrected chi connectivity index (χ1v) is 7.20. The summed E-state index contributed by atoms with van der Waals surface area (Å²) in [6.45, 7) is 1.03. The molecule has 1 aliphatic carbocycles. The average Bonchev–Trinajstić information content (AvgIpc) is 2.35. The van der Waals surface area contributed by atoms with Gasteiger partial charge in [0.2, 0.25) is 0 Å². The van der Waals surface area contributed by atoms with Gasteiger partial charge >= 0.3 is 0 Å². The van der Waals surface area contributed by atoms with Crippen molar-refractivity contribution >= 4 is 28.9 Å². The van der Waals surface area contributed by atoms with Crippen molar-refractivity contribution in [2.24, 2.45) is 5.92 Å².